The van der Waals surface area contributed by atoms with Gasteiger partial charge in [-0.25, -0.2) is 0 Å². The fourth-order valence-electron chi connectivity index (χ4n) is 4.88. The molecule has 0 aromatic heterocycles. The Morgan fingerprint density at radius 2 is 1.94 bits per heavy atom. The average Bonchev–Trinajstić information content (AvgIpc) is 3.46. The lowest BCUT2D eigenvalue weighted by Crippen LogP contribution is -2.39. The number of carboxylic acids is 1. The summed E-state index contributed by atoms with van der Waals surface area (Å²) < 4.78 is 16.1. The molecular formula is C25H29N3O7. The number of hydrogen-bond donors (Lipinski definition) is 3. The van der Waals surface area contributed by atoms with Gasteiger partial charge >= 0.3 is 5.97 Å². The summed E-state index contributed by atoms with van der Waals surface area (Å²) in [4.78, 5) is 39.5. The number of amides is 2. The van der Waals surface area contributed by atoms with Crippen LogP contribution in [-0.4, -0.2) is 61.3 Å². The lowest BCUT2D eigenvalue weighted by atomic mass is 9.81. The quantitative estimate of drug-likeness (QED) is 0.491. The minimum atomic E-state index is -1.04. The minimum Gasteiger partial charge on any atom is -0.497 e. The number of hydrogen-bond acceptors (Lipinski definition) is 7. The second kappa shape index (κ2) is 10.2. The van der Waals surface area contributed by atoms with Gasteiger partial charge < -0.3 is 30.4 Å². The van der Waals surface area contributed by atoms with E-state index in [1.54, 1.807) is 29.2 Å². The molecule has 1 saturated heterocycles. The highest BCUT2D eigenvalue weighted by atomic mass is 16.7. The third kappa shape index (κ3) is 4.88. The summed E-state index contributed by atoms with van der Waals surface area (Å²) in [7, 11) is 1.47. The van der Waals surface area contributed by atoms with Crippen LogP contribution >= 0.6 is 0 Å². The van der Waals surface area contributed by atoms with Crippen LogP contribution in [0.15, 0.2) is 36.4 Å². The van der Waals surface area contributed by atoms with Gasteiger partial charge in [-0.05, 0) is 41.8 Å². The van der Waals surface area contributed by atoms with Crippen LogP contribution in [0.4, 0.5) is 0 Å². The second-order valence-corrected chi connectivity index (χ2v) is 8.62. The first-order chi connectivity index (χ1) is 16.8. The molecule has 35 heavy (non-hydrogen) atoms. The lowest BCUT2D eigenvalue weighted by Gasteiger charge is -2.28. The van der Waals surface area contributed by atoms with Crippen molar-refractivity contribution in [1.82, 2.24) is 10.2 Å². The lowest BCUT2D eigenvalue weighted by molar-refractivity contribution is -0.143. The summed E-state index contributed by atoms with van der Waals surface area (Å²) in [6.45, 7) is 2.82. The standard InChI is InChI=1S/C25H29N3O7/c1-3-8-27-21(29)12-28-11-18(14-4-7-19-20(9-14)35-13-34-19)22(25(31)32)23(28)16-6-5-15(33-2)10-17(16)24(26)30/h4-7,9-10,18,22-23H,3,8,11-13H2,1-2H3,(H2,26,30)(H,27,29)(H,31,32)/t18?,22-,23+/m0/s1. The van der Waals surface area contributed by atoms with Gasteiger partial charge in [-0.1, -0.05) is 19.1 Å². The molecule has 3 atom stereocenters. The number of carbonyl (C=O) groups excluding carboxylic acids is 2. The van der Waals surface area contributed by atoms with Crippen molar-refractivity contribution in [1.29, 1.82) is 0 Å². The molecule has 0 spiro atoms. The van der Waals surface area contributed by atoms with Crippen molar-refractivity contribution in [2.45, 2.75) is 25.3 Å². The summed E-state index contributed by atoms with van der Waals surface area (Å²) in [5.74, 6) is -1.84. The monoisotopic (exact) mass is 483 g/mol. The van der Waals surface area contributed by atoms with E-state index in [1.165, 1.54) is 13.2 Å². The number of nitrogens with one attached hydrogen (secondary N) is 1. The van der Waals surface area contributed by atoms with Gasteiger partial charge in [0.15, 0.2) is 11.5 Å². The van der Waals surface area contributed by atoms with E-state index in [4.69, 9.17) is 19.9 Å². The molecule has 0 bridgehead atoms. The van der Waals surface area contributed by atoms with Crippen LogP contribution in [0.1, 0.15) is 46.8 Å². The van der Waals surface area contributed by atoms with Gasteiger partial charge in [-0.15, -0.1) is 0 Å². The molecule has 186 valence electrons. The maximum Gasteiger partial charge on any atom is 0.309 e. The van der Waals surface area contributed by atoms with Crippen LogP contribution in [-0.2, 0) is 9.59 Å². The Bertz CT molecular complexity index is 1140. The zero-order chi connectivity index (χ0) is 25.1. The van der Waals surface area contributed by atoms with E-state index in [0.29, 0.717) is 29.4 Å². The molecular weight excluding hydrogens is 454 g/mol. The van der Waals surface area contributed by atoms with E-state index >= 15 is 0 Å². The van der Waals surface area contributed by atoms with Gasteiger partial charge in [0, 0.05) is 24.6 Å². The van der Waals surface area contributed by atoms with E-state index in [2.05, 4.69) is 5.32 Å². The first-order valence-electron chi connectivity index (χ1n) is 11.4. The van der Waals surface area contributed by atoms with Gasteiger partial charge in [0.1, 0.15) is 5.75 Å². The van der Waals surface area contributed by atoms with Crippen molar-refractivity contribution in [3.8, 4) is 17.2 Å². The van der Waals surface area contributed by atoms with Crippen LogP contribution in [0.3, 0.4) is 0 Å². The van der Waals surface area contributed by atoms with Crippen molar-refractivity contribution < 1.29 is 33.7 Å². The van der Waals surface area contributed by atoms with Crippen LogP contribution < -0.4 is 25.3 Å². The normalized spacial score (nSPS) is 21.0. The van der Waals surface area contributed by atoms with Crippen molar-refractivity contribution in [2.75, 3.05) is 33.5 Å². The number of benzene rings is 2. The molecule has 0 saturated carbocycles. The number of aliphatic carboxylic acids is 1. The number of fused-ring (bicyclic) bond motifs is 1. The van der Waals surface area contributed by atoms with Crippen LogP contribution in [0.5, 0.6) is 17.2 Å². The summed E-state index contributed by atoms with van der Waals surface area (Å²) in [6.07, 6.45) is 0.775. The fraction of sp³-hybridized carbons (Fsp3) is 0.400. The molecule has 2 aliphatic heterocycles. The highest BCUT2D eigenvalue weighted by Gasteiger charge is 2.49. The zero-order valence-electron chi connectivity index (χ0n) is 19.7. The first kappa shape index (κ1) is 24.3. The first-order valence-corrected chi connectivity index (χ1v) is 11.4. The smallest absolute Gasteiger partial charge is 0.309 e. The van der Waals surface area contributed by atoms with Crippen LogP contribution in [0.25, 0.3) is 0 Å². The third-order valence-corrected chi connectivity index (χ3v) is 6.47. The highest BCUT2D eigenvalue weighted by Crippen LogP contribution is 2.48. The molecule has 10 heteroatoms. The molecule has 4 rings (SSSR count). The molecule has 4 N–H and O–H groups in total. The summed E-state index contributed by atoms with van der Waals surface area (Å²) in [5.41, 5.74) is 7.02. The molecule has 2 aromatic carbocycles. The Hall–Kier alpha value is -3.79. The van der Waals surface area contributed by atoms with E-state index in [0.717, 1.165) is 12.0 Å². The van der Waals surface area contributed by atoms with Crippen LogP contribution in [0, 0.1) is 5.92 Å². The molecule has 2 heterocycles. The van der Waals surface area contributed by atoms with Crippen molar-refractivity contribution in [3.63, 3.8) is 0 Å². The van der Waals surface area contributed by atoms with E-state index in [-0.39, 0.29) is 31.4 Å². The minimum absolute atomic E-state index is 0.0280. The predicted octanol–water partition coefficient (Wildman–Crippen LogP) is 1.89. The molecule has 1 unspecified atom stereocenters. The molecule has 1 fully saturated rings. The van der Waals surface area contributed by atoms with E-state index in [1.807, 2.05) is 13.0 Å². The number of likely N-dealkylation sites (tertiary alicyclic amines) is 1. The third-order valence-electron chi connectivity index (χ3n) is 6.47. The Morgan fingerprint density at radius 3 is 2.63 bits per heavy atom. The molecule has 2 aliphatic rings. The molecule has 0 aliphatic carbocycles. The number of carbonyl (C=O) groups is 3. The summed E-state index contributed by atoms with van der Waals surface area (Å²) in [6, 6.07) is 9.38. The van der Waals surface area contributed by atoms with Gasteiger partial charge in [-0.3, -0.25) is 19.3 Å². The topological polar surface area (TPSA) is 140 Å². The number of ether oxygens (including phenoxy) is 3. The predicted molar refractivity (Wildman–Crippen MR) is 126 cm³/mol. The van der Waals surface area contributed by atoms with Gasteiger partial charge in [0.05, 0.1) is 25.6 Å². The second-order valence-electron chi connectivity index (χ2n) is 8.62. The highest BCUT2D eigenvalue weighted by molar-refractivity contribution is 5.95. The summed E-state index contributed by atoms with van der Waals surface area (Å²) >= 11 is 0. The Labute approximate surface area is 202 Å². The number of rotatable bonds is 9. The van der Waals surface area contributed by atoms with Gasteiger partial charge in [0.2, 0.25) is 18.6 Å². The number of nitrogens with two attached hydrogens (primary N) is 1. The maximum absolute atomic E-state index is 12.7. The van der Waals surface area contributed by atoms with Crippen LogP contribution in [0.2, 0.25) is 0 Å². The number of methoxy groups -OCH3 is 1. The van der Waals surface area contributed by atoms with Crippen molar-refractivity contribution in [2.24, 2.45) is 11.7 Å². The van der Waals surface area contributed by atoms with Gasteiger partial charge in [0.25, 0.3) is 0 Å². The average molecular weight is 484 g/mol. The molecule has 10 nitrogen and oxygen atoms in total. The van der Waals surface area contributed by atoms with Gasteiger partial charge in [-0.2, -0.15) is 0 Å². The number of primary amides is 1. The Balaban J connectivity index is 1.79. The number of nitrogens with zero attached hydrogens (tertiary/aromatic N) is 1. The van der Waals surface area contributed by atoms with Crippen molar-refractivity contribution in [3.05, 3.63) is 53.1 Å². The van der Waals surface area contributed by atoms with E-state index in [9.17, 15) is 19.5 Å². The SMILES string of the molecule is CCCNC(=O)CN1CC(c2ccc3c(c2)OCO3)[C@H](C(=O)O)[C@H]1c1ccc(OC)cc1C(N)=O. The van der Waals surface area contributed by atoms with Crippen molar-refractivity contribution >= 4 is 17.8 Å². The van der Waals surface area contributed by atoms with E-state index < -0.39 is 29.8 Å². The molecule has 0 radical (unpaired) electrons. The number of carboxylic acid groups (broad SMARTS) is 1. The Morgan fingerprint density at radius 1 is 1.17 bits per heavy atom. The fourth-order valence-corrected chi connectivity index (χ4v) is 4.88. The Kier molecular flexibility index (Phi) is 7.11. The summed E-state index contributed by atoms with van der Waals surface area (Å²) in [5, 5.41) is 13.2. The largest absolute Gasteiger partial charge is 0.497 e. The molecule has 2 amide bonds. The zero-order valence-corrected chi connectivity index (χ0v) is 19.7. The molecule has 2 aromatic rings. The maximum atomic E-state index is 12.7.